The standard InChI is InChI=1S/C22H40Si5/c1-13-24(9,14-2)21(25(10,15-3)16-4)23-22(26(11,17-5)18-6)27(12,19-7)20-8/h13-22H,1-8,23H2,9-12H3. The molecule has 0 aromatic carbocycles. The van der Waals surface area contributed by atoms with E-state index in [1.165, 1.54) is 0 Å². The van der Waals surface area contributed by atoms with Gasteiger partial charge in [-0.15, -0.1) is 52.6 Å². The van der Waals surface area contributed by atoms with Crippen molar-refractivity contribution in [2.24, 2.45) is 0 Å². The first-order valence-corrected chi connectivity index (χ1v) is 22.1. The van der Waals surface area contributed by atoms with E-state index in [1.54, 1.807) is 0 Å². The first-order valence-electron chi connectivity index (χ1n) is 9.55. The normalized spacial score (nSPS) is 13.0. The lowest BCUT2D eigenvalue weighted by molar-refractivity contribution is 1.42. The van der Waals surface area contributed by atoms with Crippen LogP contribution in [0, 0.1) is 0 Å². The Hall–Kier alpha value is -0.996. The van der Waals surface area contributed by atoms with Gasteiger partial charge in [0.15, 0.2) is 0 Å². The summed E-state index contributed by atoms with van der Waals surface area (Å²) in [4.78, 5) is 1.25. The topological polar surface area (TPSA) is 0 Å². The molecule has 0 rings (SSSR count). The van der Waals surface area contributed by atoms with Gasteiger partial charge < -0.3 is 0 Å². The third-order valence-electron chi connectivity index (χ3n) is 6.99. The van der Waals surface area contributed by atoms with E-state index in [1.807, 2.05) is 0 Å². The fourth-order valence-electron chi connectivity index (χ4n) is 4.06. The molecule has 0 aliphatic rings. The predicted octanol–water partition coefficient (Wildman–Crippen LogP) is 6.01. The first kappa shape index (κ1) is 26.0. The SMILES string of the molecule is C=C[Si](C)(C=C)C([SiH2]C([Si](C)(C=C)C=C)[Si](C)(C=C)C=C)[Si](C)(C=C)C=C. The molecule has 0 radical (unpaired) electrons. The zero-order valence-corrected chi connectivity index (χ0v) is 23.6. The molecular weight excluding hydrogens is 405 g/mol. The number of hydrogen-bond donors (Lipinski definition) is 0. The number of hydrogen-bond acceptors (Lipinski definition) is 0. The van der Waals surface area contributed by atoms with Crippen molar-refractivity contribution in [3.8, 4) is 0 Å². The molecule has 0 amide bonds. The van der Waals surface area contributed by atoms with E-state index in [-0.39, 0.29) is 0 Å². The van der Waals surface area contributed by atoms with Gasteiger partial charge in [-0.3, -0.25) is 0 Å². The quantitative estimate of drug-likeness (QED) is 0.288. The van der Waals surface area contributed by atoms with Crippen LogP contribution in [0.25, 0.3) is 0 Å². The van der Waals surface area contributed by atoms with E-state index in [0.29, 0.717) is 9.58 Å². The third-order valence-corrected chi connectivity index (χ3v) is 41.8. The Balaban J connectivity index is 6.80. The van der Waals surface area contributed by atoms with E-state index >= 15 is 0 Å². The molecule has 0 aromatic heterocycles. The molecule has 0 spiro atoms. The van der Waals surface area contributed by atoms with E-state index in [0.717, 1.165) is 0 Å². The van der Waals surface area contributed by atoms with Gasteiger partial charge in [-0.25, -0.2) is 0 Å². The van der Waals surface area contributed by atoms with Crippen LogP contribution < -0.4 is 0 Å². The summed E-state index contributed by atoms with van der Waals surface area (Å²) in [5.74, 6) is 0. The zero-order valence-electron chi connectivity index (χ0n) is 18.1. The van der Waals surface area contributed by atoms with E-state index in [9.17, 15) is 0 Å². The first-order chi connectivity index (χ1) is 12.5. The minimum atomic E-state index is -1.86. The summed E-state index contributed by atoms with van der Waals surface area (Å²) in [5.41, 5.74) is 17.7. The molecule has 0 unspecified atom stereocenters. The summed E-state index contributed by atoms with van der Waals surface area (Å²) >= 11 is 0. The Morgan fingerprint density at radius 3 is 0.704 bits per heavy atom. The molecule has 0 nitrogen and oxygen atoms in total. The Morgan fingerprint density at radius 1 is 0.444 bits per heavy atom. The van der Waals surface area contributed by atoms with E-state index < -0.39 is 41.8 Å². The van der Waals surface area contributed by atoms with E-state index in [2.05, 4.69) is 124 Å². The van der Waals surface area contributed by atoms with Crippen molar-refractivity contribution in [2.45, 2.75) is 35.8 Å². The minimum absolute atomic E-state index is 0.588. The van der Waals surface area contributed by atoms with Gasteiger partial charge >= 0.3 is 0 Å². The van der Waals surface area contributed by atoms with Gasteiger partial charge in [0, 0.05) is 9.52 Å². The second-order valence-corrected chi connectivity index (χ2v) is 31.9. The summed E-state index contributed by atoms with van der Waals surface area (Å²) < 4.78 is 0. The molecule has 148 valence electrons. The van der Waals surface area contributed by atoms with Gasteiger partial charge in [-0.05, 0) is 9.58 Å². The van der Waals surface area contributed by atoms with Gasteiger partial charge in [-0.1, -0.05) is 71.8 Å². The van der Waals surface area contributed by atoms with Crippen molar-refractivity contribution in [3.63, 3.8) is 0 Å². The van der Waals surface area contributed by atoms with Crippen molar-refractivity contribution in [1.29, 1.82) is 0 Å². The average molecular weight is 445 g/mol. The number of rotatable bonds is 14. The second kappa shape index (κ2) is 9.98. The predicted molar refractivity (Wildman–Crippen MR) is 144 cm³/mol. The molecule has 0 saturated carbocycles. The smallest absolute Gasteiger partial charge is 0.0952 e. The molecule has 0 aliphatic heterocycles. The van der Waals surface area contributed by atoms with Crippen LogP contribution in [0.3, 0.4) is 0 Å². The van der Waals surface area contributed by atoms with Crippen LogP contribution in [0.2, 0.25) is 35.8 Å². The molecular formula is C22H40Si5. The van der Waals surface area contributed by atoms with Gasteiger partial charge in [-0.2, -0.15) is 0 Å². The van der Waals surface area contributed by atoms with Crippen LogP contribution in [-0.2, 0) is 0 Å². The highest BCUT2D eigenvalue weighted by Gasteiger charge is 2.50. The van der Waals surface area contributed by atoms with Gasteiger partial charge in [0.1, 0.15) is 0 Å². The molecule has 0 heterocycles. The van der Waals surface area contributed by atoms with Crippen LogP contribution in [0.1, 0.15) is 0 Å². The lowest BCUT2D eigenvalue weighted by Crippen LogP contribution is -2.58. The molecule has 0 saturated heterocycles. The lowest BCUT2D eigenvalue weighted by atomic mass is 11.2. The van der Waals surface area contributed by atoms with Crippen molar-refractivity contribution < 1.29 is 0 Å². The molecule has 0 N–H and O–H groups in total. The van der Waals surface area contributed by atoms with Crippen molar-refractivity contribution >= 4 is 41.8 Å². The summed E-state index contributed by atoms with van der Waals surface area (Å²) in [6, 6.07) is 0. The Morgan fingerprint density at radius 2 is 0.593 bits per heavy atom. The summed E-state index contributed by atoms with van der Waals surface area (Å²) in [6.07, 6.45) is 0. The van der Waals surface area contributed by atoms with Crippen LogP contribution in [0.4, 0.5) is 0 Å². The highest BCUT2D eigenvalue weighted by molar-refractivity contribution is 7.20. The minimum Gasteiger partial charge on any atom is -0.107 e. The Kier molecular flexibility index (Phi) is 9.61. The monoisotopic (exact) mass is 444 g/mol. The molecule has 0 aliphatic carbocycles. The van der Waals surface area contributed by atoms with Gasteiger partial charge in [0.25, 0.3) is 0 Å². The van der Waals surface area contributed by atoms with Crippen LogP contribution in [0.5, 0.6) is 0 Å². The molecule has 27 heavy (non-hydrogen) atoms. The largest absolute Gasteiger partial charge is 0.107 e. The summed E-state index contributed by atoms with van der Waals surface area (Å²) in [6.45, 7) is 43.4. The Labute approximate surface area is 175 Å². The maximum Gasteiger partial charge on any atom is 0.0952 e. The maximum atomic E-state index is 4.23. The van der Waals surface area contributed by atoms with Crippen LogP contribution in [-0.4, -0.2) is 41.8 Å². The van der Waals surface area contributed by atoms with Gasteiger partial charge in [0.2, 0.25) is 0 Å². The molecule has 0 aromatic rings. The zero-order chi connectivity index (χ0) is 21.5. The van der Waals surface area contributed by atoms with Gasteiger partial charge in [0.05, 0.1) is 32.3 Å². The average Bonchev–Trinajstić information content (AvgIpc) is 2.72. The second-order valence-electron chi connectivity index (χ2n) is 8.44. The van der Waals surface area contributed by atoms with Crippen molar-refractivity contribution in [1.82, 2.24) is 0 Å². The van der Waals surface area contributed by atoms with Crippen molar-refractivity contribution in [2.75, 3.05) is 0 Å². The van der Waals surface area contributed by atoms with Crippen molar-refractivity contribution in [3.05, 3.63) is 98.2 Å². The van der Waals surface area contributed by atoms with Crippen LogP contribution in [0.15, 0.2) is 98.2 Å². The molecule has 0 atom stereocenters. The lowest BCUT2D eigenvalue weighted by Gasteiger charge is -2.47. The summed E-state index contributed by atoms with van der Waals surface area (Å²) in [7, 11) is -8.03. The maximum absolute atomic E-state index is 4.23. The highest BCUT2D eigenvalue weighted by Crippen LogP contribution is 2.43. The third kappa shape index (κ3) is 5.09. The van der Waals surface area contributed by atoms with E-state index in [4.69, 9.17) is 0 Å². The van der Waals surface area contributed by atoms with Crippen LogP contribution >= 0.6 is 0 Å². The molecule has 0 bridgehead atoms. The fraction of sp³-hybridized carbons (Fsp3) is 0.273. The highest BCUT2D eigenvalue weighted by atomic mass is 28.5. The summed E-state index contributed by atoms with van der Waals surface area (Å²) in [5, 5.41) is 0. The fourth-order valence-corrected chi connectivity index (χ4v) is 38.8. The molecule has 5 heteroatoms. The Bertz CT molecular complexity index is 493. The molecule has 0 fully saturated rings.